The van der Waals surface area contributed by atoms with Crippen LogP contribution in [-0.4, -0.2) is 22.5 Å². The summed E-state index contributed by atoms with van der Waals surface area (Å²) in [6.45, 7) is 2.38. The highest BCUT2D eigenvalue weighted by molar-refractivity contribution is 6.04. The molecule has 0 aliphatic heterocycles. The smallest absolute Gasteiger partial charge is 0.417 e. The molecule has 3 aromatic rings. The molecule has 0 fully saturated rings. The molecule has 0 unspecified atom stereocenters. The van der Waals surface area contributed by atoms with E-state index in [2.05, 4.69) is 15.3 Å². The zero-order chi connectivity index (χ0) is 15.5. The number of rotatable bonds is 4. The van der Waals surface area contributed by atoms with Crippen LogP contribution in [0.1, 0.15) is 17.3 Å². The maximum Gasteiger partial charge on any atom is 0.417 e. The third-order valence-electron chi connectivity index (χ3n) is 2.97. The summed E-state index contributed by atoms with van der Waals surface area (Å²) in [7, 11) is 0. The average molecular weight is 299 g/mol. The van der Waals surface area contributed by atoms with Crippen LogP contribution in [0.15, 0.2) is 45.7 Å². The van der Waals surface area contributed by atoms with Crippen molar-refractivity contribution in [2.75, 3.05) is 11.9 Å². The quantitative estimate of drug-likeness (QED) is 0.769. The van der Waals surface area contributed by atoms with Gasteiger partial charge in [-0.25, -0.2) is 9.78 Å². The molecule has 0 aliphatic rings. The molecule has 0 saturated heterocycles. The van der Waals surface area contributed by atoms with Crippen molar-refractivity contribution in [1.29, 1.82) is 0 Å². The molecular formula is C15H13N3O4. The molecule has 0 aliphatic carbocycles. The van der Waals surface area contributed by atoms with E-state index in [0.29, 0.717) is 34.8 Å². The molecule has 2 aromatic heterocycles. The highest BCUT2D eigenvalue weighted by atomic mass is 16.5. The molecule has 2 N–H and O–H groups in total. The van der Waals surface area contributed by atoms with Crippen LogP contribution >= 0.6 is 0 Å². The number of ether oxygens (including phenoxy) is 1. The summed E-state index contributed by atoms with van der Waals surface area (Å²) in [5.41, 5.74) is 1.91. The van der Waals surface area contributed by atoms with Crippen molar-refractivity contribution in [1.82, 2.24) is 9.97 Å². The monoisotopic (exact) mass is 299 g/mol. The minimum atomic E-state index is -0.533. The average Bonchev–Trinajstić information content (AvgIpc) is 2.87. The first-order valence-corrected chi connectivity index (χ1v) is 6.69. The molecule has 112 valence electrons. The van der Waals surface area contributed by atoms with Crippen molar-refractivity contribution in [2.24, 2.45) is 0 Å². The molecule has 2 heterocycles. The van der Waals surface area contributed by atoms with Crippen LogP contribution in [0.25, 0.3) is 11.1 Å². The van der Waals surface area contributed by atoms with Crippen LogP contribution in [-0.2, 0) is 0 Å². The lowest BCUT2D eigenvalue weighted by Gasteiger charge is -2.06. The fraction of sp³-hybridized carbons (Fsp3) is 0.133. The van der Waals surface area contributed by atoms with E-state index in [0.717, 1.165) is 0 Å². The molecule has 1 amide bonds. The van der Waals surface area contributed by atoms with E-state index >= 15 is 0 Å². The Morgan fingerprint density at radius 3 is 2.95 bits per heavy atom. The van der Waals surface area contributed by atoms with Gasteiger partial charge in [-0.15, -0.1) is 0 Å². The number of amides is 1. The van der Waals surface area contributed by atoms with Crippen LogP contribution in [0.5, 0.6) is 5.88 Å². The Hall–Kier alpha value is -3.09. The van der Waals surface area contributed by atoms with Crippen LogP contribution < -0.4 is 15.8 Å². The lowest BCUT2D eigenvalue weighted by molar-refractivity contribution is 0.102. The Bertz CT molecular complexity index is 864. The highest BCUT2D eigenvalue weighted by Crippen LogP contribution is 2.17. The summed E-state index contributed by atoms with van der Waals surface area (Å²) in [5, 5.41) is 2.73. The number of aromatic nitrogens is 2. The number of oxazole rings is 1. The molecular weight excluding hydrogens is 286 g/mol. The number of hydrogen-bond donors (Lipinski definition) is 2. The second kappa shape index (κ2) is 5.72. The van der Waals surface area contributed by atoms with E-state index < -0.39 is 5.76 Å². The second-order valence-electron chi connectivity index (χ2n) is 4.50. The minimum absolute atomic E-state index is 0.305. The number of aromatic amines is 1. The van der Waals surface area contributed by atoms with Gasteiger partial charge in [0.25, 0.3) is 5.91 Å². The van der Waals surface area contributed by atoms with E-state index in [4.69, 9.17) is 9.15 Å². The number of hydrogen-bond acceptors (Lipinski definition) is 5. The van der Waals surface area contributed by atoms with E-state index in [1.807, 2.05) is 6.92 Å². The zero-order valence-electron chi connectivity index (χ0n) is 11.8. The Labute approximate surface area is 124 Å². The standard InChI is InChI=1S/C15H13N3O4/c1-2-21-13-6-3-9(8-16-13)14(19)17-10-4-5-12-11(7-10)18-15(20)22-12/h3-8H,2H2,1H3,(H,17,19)(H,18,20). The lowest BCUT2D eigenvalue weighted by atomic mass is 10.2. The molecule has 3 rings (SSSR count). The third-order valence-corrected chi connectivity index (χ3v) is 2.97. The Morgan fingerprint density at radius 1 is 1.36 bits per heavy atom. The van der Waals surface area contributed by atoms with Gasteiger partial charge in [0, 0.05) is 18.0 Å². The molecule has 22 heavy (non-hydrogen) atoms. The fourth-order valence-electron chi connectivity index (χ4n) is 1.98. The van der Waals surface area contributed by atoms with Gasteiger partial charge in [-0.2, -0.15) is 0 Å². The number of fused-ring (bicyclic) bond motifs is 1. The summed E-state index contributed by atoms with van der Waals surface area (Å²) in [4.78, 5) is 29.8. The van der Waals surface area contributed by atoms with Crippen molar-refractivity contribution in [3.05, 3.63) is 52.6 Å². The summed E-state index contributed by atoms with van der Waals surface area (Å²) in [5.74, 6) is -0.369. The topological polar surface area (TPSA) is 97.2 Å². The van der Waals surface area contributed by atoms with Crippen molar-refractivity contribution >= 4 is 22.7 Å². The highest BCUT2D eigenvalue weighted by Gasteiger charge is 2.09. The third kappa shape index (κ3) is 2.83. The largest absolute Gasteiger partial charge is 0.478 e. The van der Waals surface area contributed by atoms with Crippen molar-refractivity contribution in [3.8, 4) is 5.88 Å². The van der Waals surface area contributed by atoms with Gasteiger partial charge in [0.15, 0.2) is 5.58 Å². The maximum absolute atomic E-state index is 12.1. The first-order chi connectivity index (χ1) is 10.7. The summed E-state index contributed by atoms with van der Waals surface area (Å²) in [6.07, 6.45) is 1.44. The van der Waals surface area contributed by atoms with Gasteiger partial charge < -0.3 is 14.5 Å². The van der Waals surface area contributed by atoms with Gasteiger partial charge in [0.1, 0.15) is 0 Å². The predicted octanol–water partition coefficient (Wildman–Crippen LogP) is 2.17. The van der Waals surface area contributed by atoms with Gasteiger partial charge in [-0.05, 0) is 31.2 Å². The number of H-pyrrole nitrogens is 1. The molecule has 7 heteroatoms. The summed E-state index contributed by atoms with van der Waals surface area (Å²) >= 11 is 0. The molecule has 0 bridgehead atoms. The SMILES string of the molecule is CCOc1ccc(C(=O)Nc2ccc3oc(=O)[nH]c3c2)cn1. The van der Waals surface area contributed by atoms with E-state index in [1.54, 1.807) is 30.3 Å². The van der Waals surface area contributed by atoms with Crippen LogP contribution in [0.2, 0.25) is 0 Å². The van der Waals surface area contributed by atoms with Gasteiger partial charge in [-0.3, -0.25) is 9.78 Å². The fourth-order valence-corrected chi connectivity index (χ4v) is 1.98. The van der Waals surface area contributed by atoms with Crippen molar-refractivity contribution in [3.63, 3.8) is 0 Å². The van der Waals surface area contributed by atoms with E-state index in [1.165, 1.54) is 6.20 Å². The molecule has 0 saturated carbocycles. The van der Waals surface area contributed by atoms with Crippen LogP contribution in [0, 0.1) is 0 Å². The number of anilines is 1. The predicted molar refractivity (Wildman–Crippen MR) is 80.2 cm³/mol. The van der Waals surface area contributed by atoms with Crippen molar-refractivity contribution in [2.45, 2.75) is 6.92 Å². The Kier molecular flexibility index (Phi) is 3.61. The zero-order valence-corrected chi connectivity index (χ0v) is 11.8. The summed E-state index contributed by atoms with van der Waals surface area (Å²) < 4.78 is 10.1. The first-order valence-electron chi connectivity index (χ1n) is 6.69. The first kappa shape index (κ1) is 13.9. The lowest BCUT2D eigenvalue weighted by Crippen LogP contribution is -2.12. The molecule has 1 aromatic carbocycles. The summed E-state index contributed by atoms with van der Waals surface area (Å²) in [6, 6.07) is 8.15. The number of benzene rings is 1. The molecule has 0 radical (unpaired) electrons. The Balaban J connectivity index is 1.78. The van der Waals surface area contributed by atoms with E-state index in [9.17, 15) is 9.59 Å². The second-order valence-corrected chi connectivity index (χ2v) is 4.50. The van der Waals surface area contributed by atoms with Crippen molar-refractivity contribution < 1.29 is 13.9 Å². The van der Waals surface area contributed by atoms with Gasteiger partial charge >= 0.3 is 5.76 Å². The van der Waals surface area contributed by atoms with E-state index in [-0.39, 0.29) is 5.91 Å². The van der Waals surface area contributed by atoms with Gasteiger partial charge in [0.05, 0.1) is 17.7 Å². The molecule has 0 atom stereocenters. The van der Waals surface area contributed by atoms with Crippen LogP contribution in [0.4, 0.5) is 5.69 Å². The normalized spacial score (nSPS) is 10.6. The number of pyridine rings is 1. The molecule has 7 nitrogen and oxygen atoms in total. The number of carbonyl (C=O) groups is 1. The van der Waals surface area contributed by atoms with Crippen LogP contribution in [0.3, 0.4) is 0 Å². The number of carbonyl (C=O) groups excluding carboxylic acids is 1. The maximum atomic E-state index is 12.1. The van der Waals surface area contributed by atoms with Gasteiger partial charge in [-0.1, -0.05) is 0 Å². The minimum Gasteiger partial charge on any atom is -0.478 e. The number of nitrogens with zero attached hydrogens (tertiary/aromatic N) is 1. The molecule has 0 spiro atoms. The number of nitrogens with one attached hydrogen (secondary N) is 2. The Morgan fingerprint density at radius 2 is 2.23 bits per heavy atom. The van der Waals surface area contributed by atoms with Gasteiger partial charge in [0.2, 0.25) is 5.88 Å².